The van der Waals surface area contributed by atoms with Gasteiger partial charge in [0, 0.05) is 5.75 Å². The van der Waals surface area contributed by atoms with Crippen molar-refractivity contribution in [2.24, 2.45) is 0 Å². The molecule has 0 unspecified atom stereocenters. The summed E-state index contributed by atoms with van der Waals surface area (Å²) in [6, 6.07) is -0.558. The number of carboxylic acids is 1. The minimum Gasteiger partial charge on any atom is -0.544 e. The Morgan fingerprint density at radius 2 is 2.17 bits per heavy atom. The van der Waals surface area contributed by atoms with E-state index in [1.807, 2.05) is 20.8 Å². The smallest absolute Gasteiger partial charge is 0.145 e. The zero-order valence-electron chi connectivity index (χ0n) is 7.53. The second kappa shape index (κ2) is 4.99. The van der Waals surface area contributed by atoms with E-state index in [1.54, 1.807) is 4.72 Å². The van der Waals surface area contributed by atoms with Crippen LogP contribution in [0.25, 0.3) is 0 Å². The van der Waals surface area contributed by atoms with Gasteiger partial charge in [-0.1, -0.05) is 0 Å². The molecule has 0 spiro atoms. The van der Waals surface area contributed by atoms with Crippen LogP contribution in [-0.2, 0) is 4.79 Å². The van der Waals surface area contributed by atoms with Crippen molar-refractivity contribution in [2.45, 2.75) is 31.6 Å². The number of carboxylic acid groups (broad SMARTS) is 1. The second-order valence-corrected chi connectivity index (χ2v) is 5.57. The van der Waals surface area contributed by atoms with Crippen LogP contribution in [0.1, 0.15) is 20.8 Å². The van der Waals surface area contributed by atoms with Crippen molar-refractivity contribution in [1.82, 2.24) is 0 Å². The lowest BCUT2D eigenvalue weighted by Crippen LogP contribution is -2.88. The molecular formula is C7H15NO2S2. The maximum absolute atomic E-state index is 10.4. The molecule has 0 aliphatic carbocycles. The minimum atomic E-state index is -1.05. The predicted molar refractivity (Wildman–Crippen MR) is 51.9 cm³/mol. The van der Waals surface area contributed by atoms with Gasteiger partial charge in [-0.25, -0.2) is 0 Å². The number of rotatable bonds is 4. The molecule has 0 fully saturated rings. The van der Waals surface area contributed by atoms with Gasteiger partial charge in [0.2, 0.25) is 0 Å². The molecule has 0 bridgehead atoms. The molecule has 0 aromatic carbocycles. The molecule has 0 amide bonds. The number of aliphatic carboxylic acids is 1. The average molecular weight is 209 g/mol. The van der Waals surface area contributed by atoms with Crippen LogP contribution in [0.15, 0.2) is 0 Å². The summed E-state index contributed by atoms with van der Waals surface area (Å²) in [5.41, 5.74) is 0. The Bertz CT molecular complexity index is 156. The molecule has 5 heteroatoms. The SMILES string of the molecule is CC(C)(C)S[NH2+][C@@H](CS)C(=O)[O-]. The average Bonchev–Trinajstić information content (AvgIpc) is 1.85. The third-order valence-corrected chi connectivity index (χ3v) is 2.65. The fraction of sp³-hybridized carbons (Fsp3) is 0.857. The fourth-order valence-electron chi connectivity index (χ4n) is 0.459. The van der Waals surface area contributed by atoms with Gasteiger partial charge in [0.15, 0.2) is 0 Å². The highest BCUT2D eigenvalue weighted by Crippen LogP contribution is 2.14. The molecule has 1 atom stereocenters. The summed E-state index contributed by atoms with van der Waals surface area (Å²) < 4.78 is 1.74. The molecule has 0 saturated heterocycles. The van der Waals surface area contributed by atoms with Gasteiger partial charge in [0.1, 0.15) is 12.0 Å². The van der Waals surface area contributed by atoms with Gasteiger partial charge in [-0.2, -0.15) is 12.6 Å². The first-order chi connectivity index (χ1) is 5.37. The van der Waals surface area contributed by atoms with Gasteiger partial charge in [-0.05, 0) is 20.8 Å². The van der Waals surface area contributed by atoms with E-state index >= 15 is 0 Å². The molecule has 0 aliphatic rings. The first-order valence-corrected chi connectivity index (χ1v) is 5.21. The Morgan fingerprint density at radius 1 is 1.67 bits per heavy atom. The van der Waals surface area contributed by atoms with Gasteiger partial charge in [-0.3, -0.25) is 4.72 Å². The second-order valence-electron chi connectivity index (χ2n) is 3.47. The van der Waals surface area contributed by atoms with Gasteiger partial charge >= 0.3 is 0 Å². The highest BCUT2D eigenvalue weighted by Gasteiger charge is 2.19. The van der Waals surface area contributed by atoms with Crippen LogP contribution >= 0.6 is 24.6 Å². The first kappa shape index (κ1) is 12.1. The standard InChI is InChI=1S/C7H15NO2S2/c1-7(2,3)12-8-5(4-11)6(9)10/h5,8,11H,4H2,1-3H3,(H,9,10)/t5-/m0/s1. The molecule has 3 nitrogen and oxygen atoms in total. The molecule has 0 aliphatic heterocycles. The predicted octanol–water partition coefficient (Wildman–Crippen LogP) is -0.955. The van der Waals surface area contributed by atoms with Gasteiger partial charge in [-0.15, -0.1) is 0 Å². The van der Waals surface area contributed by atoms with Crippen molar-refractivity contribution in [3.05, 3.63) is 0 Å². The third kappa shape index (κ3) is 5.74. The van der Waals surface area contributed by atoms with Crippen molar-refractivity contribution in [3.8, 4) is 0 Å². The fourth-order valence-corrected chi connectivity index (χ4v) is 1.64. The summed E-state index contributed by atoms with van der Waals surface area (Å²) in [7, 11) is 0. The lowest BCUT2D eigenvalue weighted by atomic mass is 10.3. The van der Waals surface area contributed by atoms with E-state index in [9.17, 15) is 9.90 Å². The van der Waals surface area contributed by atoms with E-state index in [1.165, 1.54) is 11.9 Å². The van der Waals surface area contributed by atoms with Crippen LogP contribution in [-0.4, -0.2) is 22.5 Å². The normalized spacial score (nSPS) is 14.3. The number of quaternary nitrogens is 1. The van der Waals surface area contributed by atoms with Gasteiger partial charge < -0.3 is 9.90 Å². The third-order valence-electron chi connectivity index (χ3n) is 1.09. The number of carbonyl (C=O) groups excluding carboxylic acids is 1. The first-order valence-electron chi connectivity index (χ1n) is 3.69. The van der Waals surface area contributed by atoms with Crippen molar-refractivity contribution >= 4 is 30.5 Å². The zero-order chi connectivity index (χ0) is 9.78. The highest BCUT2D eigenvalue weighted by molar-refractivity contribution is 7.94. The number of thiol groups is 1. The molecule has 2 N–H and O–H groups in total. The van der Waals surface area contributed by atoms with Gasteiger partial charge in [0.05, 0.1) is 16.7 Å². The van der Waals surface area contributed by atoms with Crippen LogP contribution in [0.3, 0.4) is 0 Å². The summed E-state index contributed by atoms with van der Waals surface area (Å²) in [6.07, 6.45) is 0. The van der Waals surface area contributed by atoms with Crippen LogP contribution < -0.4 is 9.83 Å². The number of nitrogens with two attached hydrogens (primary N) is 1. The molecule has 72 valence electrons. The van der Waals surface area contributed by atoms with Crippen LogP contribution in [0, 0.1) is 0 Å². The largest absolute Gasteiger partial charge is 0.544 e. The van der Waals surface area contributed by atoms with Crippen LogP contribution in [0.4, 0.5) is 0 Å². The molecule has 0 rings (SSSR count). The van der Waals surface area contributed by atoms with Crippen molar-refractivity contribution < 1.29 is 14.6 Å². The molecule has 0 radical (unpaired) electrons. The molecule has 0 saturated carbocycles. The minimum absolute atomic E-state index is 0.0522. The van der Waals surface area contributed by atoms with Crippen molar-refractivity contribution in [3.63, 3.8) is 0 Å². The van der Waals surface area contributed by atoms with Crippen molar-refractivity contribution in [2.75, 3.05) is 5.75 Å². The lowest BCUT2D eigenvalue weighted by molar-refractivity contribution is -0.521. The van der Waals surface area contributed by atoms with E-state index in [0.717, 1.165) is 0 Å². The number of hydrogen-bond donors (Lipinski definition) is 2. The van der Waals surface area contributed by atoms with E-state index in [4.69, 9.17) is 0 Å². The molecule has 0 heterocycles. The van der Waals surface area contributed by atoms with Gasteiger partial charge in [0.25, 0.3) is 0 Å². The topological polar surface area (TPSA) is 56.7 Å². The molecule has 0 aromatic rings. The zero-order valence-corrected chi connectivity index (χ0v) is 9.24. The van der Waals surface area contributed by atoms with Crippen molar-refractivity contribution in [1.29, 1.82) is 0 Å². The monoisotopic (exact) mass is 209 g/mol. The Labute approximate surface area is 82.8 Å². The summed E-state index contributed by atoms with van der Waals surface area (Å²) in [4.78, 5) is 10.4. The van der Waals surface area contributed by atoms with E-state index < -0.39 is 12.0 Å². The maximum atomic E-state index is 10.4. The highest BCUT2D eigenvalue weighted by atomic mass is 32.2. The van der Waals surface area contributed by atoms with E-state index in [0.29, 0.717) is 5.75 Å². The Balaban J connectivity index is 3.81. The molecular weight excluding hydrogens is 194 g/mol. The summed E-state index contributed by atoms with van der Waals surface area (Å²) in [6.45, 7) is 6.08. The summed E-state index contributed by atoms with van der Waals surface area (Å²) in [5.74, 6) is -0.757. The van der Waals surface area contributed by atoms with E-state index in [2.05, 4.69) is 12.6 Å². The van der Waals surface area contributed by atoms with Crippen LogP contribution in [0.2, 0.25) is 0 Å². The molecule has 0 aromatic heterocycles. The Hall–Kier alpha value is 0.130. The van der Waals surface area contributed by atoms with E-state index in [-0.39, 0.29) is 4.75 Å². The quantitative estimate of drug-likeness (QED) is 0.463. The summed E-state index contributed by atoms with van der Waals surface area (Å²) >= 11 is 5.42. The lowest BCUT2D eigenvalue weighted by Gasteiger charge is -2.18. The number of hydrogen-bond acceptors (Lipinski definition) is 4. The Kier molecular flexibility index (Phi) is 5.04. The Morgan fingerprint density at radius 3 is 2.42 bits per heavy atom. The summed E-state index contributed by atoms with van der Waals surface area (Å²) in [5, 5.41) is 10.4. The maximum Gasteiger partial charge on any atom is 0.145 e. The number of carbonyl (C=O) groups is 1. The molecule has 12 heavy (non-hydrogen) atoms. The van der Waals surface area contributed by atoms with Crippen LogP contribution in [0.5, 0.6) is 0 Å².